The van der Waals surface area contributed by atoms with Gasteiger partial charge < -0.3 is 4.74 Å². The van der Waals surface area contributed by atoms with Gasteiger partial charge in [-0.2, -0.15) is 5.10 Å². The largest absolute Gasteiger partial charge is 0.481 e. The summed E-state index contributed by atoms with van der Waals surface area (Å²) in [6, 6.07) is 7.36. The van der Waals surface area contributed by atoms with Crippen LogP contribution in [0.3, 0.4) is 0 Å². The lowest BCUT2D eigenvalue weighted by atomic mass is 10.3. The van der Waals surface area contributed by atoms with Gasteiger partial charge in [0.25, 0.3) is 0 Å². The summed E-state index contributed by atoms with van der Waals surface area (Å²) in [5.74, 6) is 0.577. The van der Waals surface area contributed by atoms with Crippen molar-refractivity contribution in [2.75, 3.05) is 12.5 Å². The van der Waals surface area contributed by atoms with Crippen LogP contribution in [0.15, 0.2) is 48.0 Å². The fourth-order valence-corrected chi connectivity index (χ4v) is 1.20. The summed E-state index contributed by atoms with van der Waals surface area (Å²) in [5, 5.41) is 4.08. The molecule has 0 aliphatic heterocycles. The highest BCUT2D eigenvalue weighted by Gasteiger charge is 1.92. The fourth-order valence-electron chi connectivity index (χ4n) is 1.20. The summed E-state index contributed by atoms with van der Waals surface area (Å²) < 4.78 is 4.96. The summed E-state index contributed by atoms with van der Waals surface area (Å²) in [6.45, 7) is 0. The number of rotatable bonds is 4. The molecule has 0 aliphatic rings. The van der Waals surface area contributed by atoms with Crippen molar-refractivity contribution in [1.29, 1.82) is 0 Å². The van der Waals surface area contributed by atoms with Crippen molar-refractivity contribution in [1.82, 2.24) is 9.97 Å². The summed E-state index contributed by atoms with van der Waals surface area (Å²) in [7, 11) is 1.58. The summed E-state index contributed by atoms with van der Waals surface area (Å²) >= 11 is 0. The second-order valence-electron chi connectivity index (χ2n) is 3.24. The third-order valence-electron chi connectivity index (χ3n) is 2.06. The Kier molecular flexibility index (Phi) is 3.64. The molecule has 1 N–H and O–H groups in total. The SMILES string of the molecule is COc1ccc(NN=Cc2ccncc2)cn1. The van der Waals surface area contributed by atoms with Gasteiger partial charge in [0.15, 0.2) is 0 Å². The highest BCUT2D eigenvalue weighted by Crippen LogP contribution is 2.10. The first-order valence-corrected chi connectivity index (χ1v) is 5.07. The van der Waals surface area contributed by atoms with Crippen LogP contribution in [0.1, 0.15) is 5.56 Å². The zero-order chi connectivity index (χ0) is 11.9. The van der Waals surface area contributed by atoms with Crippen LogP contribution >= 0.6 is 0 Å². The molecule has 0 radical (unpaired) electrons. The molecule has 0 amide bonds. The van der Waals surface area contributed by atoms with Gasteiger partial charge in [0.05, 0.1) is 25.2 Å². The van der Waals surface area contributed by atoms with Gasteiger partial charge in [-0.05, 0) is 23.8 Å². The molecular weight excluding hydrogens is 216 g/mol. The van der Waals surface area contributed by atoms with Crippen LogP contribution in [0.2, 0.25) is 0 Å². The molecule has 0 aromatic carbocycles. The van der Waals surface area contributed by atoms with E-state index >= 15 is 0 Å². The number of ether oxygens (including phenoxy) is 1. The maximum Gasteiger partial charge on any atom is 0.213 e. The lowest BCUT2D eigenvalue weighted by Crippen LogP contribution is -1.92. The van der Waals surface area contributed by atoms with E-state index in [9.17, 15) is 0 Å². The average molecular weight is 228 g/mol. The van der Waals surface area contributed by atoms with Gasteiger partial charge in [-0.3, -0.25) is 10.4 Å². The third-order valence-corrected chi connectivity index (χ3v) is 2.06. The van der Waals surface area contributed by atoms with E-state index in [1.54, 1.807) is 38.0 Å². The van der Waals surface area contributed by atoms with E-state index in [0.29, 0.717) is 5.88 Å². The number of nitrogens with one attached hydrogen (secondary N) is 1. The van der Waals surface area contributed by atoms with Crippen molar-refractivity contribution in [3.05, 3.63) is 48.4 Å². The van der Waals surface area contributed by atoms with Gasteiger partial charge in [0.2, 0.25) is 5.88 Å². The van der Waals surface area contributed by atoms with Gasteiger partial charge >= 0.3 is 0 Å². The monoisotopic (exact) mass is 228 g/mol. The van der Waals surface area contributed by atoms with Gasteiger partial charge in [0.1, 0.15) is 0 Å². The average Bonchev–Trinajstić information content (AvgIpc) is 2.41. The Morgan fingerprint density at radius 1 is 1.24 bits per heavy atom. The Bertz CT molecular complexity index is 482. The number of aromatic nitrogens is 2. The molecule has 0 spiro atoms. The summed E-state index contributed by atoms with van der Waals surface area (Å²) in [5.41, 5.74) is 4.66. The number of hydrogen-bond donors (Lipinski definition) is 1. The highest BCUT2D eigenvalue weighted by atomic mass is 16.5. The lowest BCUT2D eigenvalue weighted by Gasteiger charge is -2.01. The smallest absolute Gasteiger partial charge is 0.213 e. The van der Waals surface area contributed by atoms with Crippen LogP contribution in [0.25, 0.3) is 0 Å². The molecule has 0 bridgehead atoms. The minimum Gasteiger partial charge on any atom is -0.481 e. The molecule has 5 nitrogen and oxygen atoms in total. The summed E-state index contributed by atoms with van der Waals surface area (Å²) in [4.78, 5) is 7.98. The van der Waals surface area contributed by atoms with Crippen LogP contribution in [-0.4, -0.2) is 23.3 Å². The van der Waals surface area contributed by atoms with Crippen LogP contribution in [-0.2, 0) is 0 Å². The highest BCUT2D eigenvalue weighted by molar-refractivity contribution is 5.79. The second-order valence-corrected chi connectivity index (χ2v) is 3.24. The standard InChI is InChI=1S/C12H12N4O/c1-17-12-3-2-11(9-14-12)16-15-8-10-4-6-13-7-5-10/h2-9,16H,1H3. The molecule has 0 fully saturated rings. The number of hydrazone groups is 1. The predicted molar refractivity (Wildman–Crippen MR) is 66.2 cm³/mol. The number of nitrogens with zero attached hydrogens (tertiary/aromatic N) is 3. The van der Waals surface area contributed by atoms with Crippen molar-refractivity contribution in [3.8, 4) is 5.88 Å². The zero-order valence-corrected chi connectivity index (χ0v) is 9.37. The number of pyridine rings is 2. The van der Waals surface area contributed by atoms with Crippen LogP contribution in [0.5, 0.6) is 5.88 Å². The molecule has 0 saturated heterocycles. The van der Waals surface area contributed by atoms with Gasteiger partial charge in [-0.25, -0.2) is 4.98 Å². The molecule has 17 heavy (non-hydrogen) atoms. The molecule has 2 aromatic rings. The maximum atomic E-state index is 4.96. The van der Waals surface area contributed by atoms with E-state index in [-0.39, 0.29) is 0 Å². The molecular formula is C12H12N4O. The normalized spacial score (nSPS) is 10.4. The predicted octanol–water partition coefficient (Wildman–Crippen LogP) is 1.93. The Morgan fingerprint density at radius 2 is 2.06 bits per heavy atom. The van der Waals surface area contributed by atoms with Gasteiger partial charge in [0, 0.05) is 18.5 Å². The van der Waals surface area contributed by atoms with E-state index in [2.05, 4.69) is 20.5 Å². The van der Waals surface area contributed by atoms with Crippen LogP contribution < -0.4 is 10.2 Å². The Hall–Kier alpha value is -2.43. The Morgan fingerprint density at radius 3 is 2.71 bits per heavy atom. The Labute approximate surface area is 99.2 Å². The second kappa shape index (κ2) is 5.60. The molecule has 0 atom stereocenters. The van der Waals surface area contributed by atoms with E-state index in [4.69, 9.17) is 4.74 Å². The first-order chi connectivity index (χ1) is 8.38. The van der Waals surface area contributed by atoms with E-state index in [1.807, 2.05) is 18.2 Å². The molecule has 0 saturated carbocycles. The molecule has 0 aliphatic carbocycles. The molecule has 2 rings (SSSR count). The van der Waals surface area contributed by atoms with E-state index in [1.165, 1.54) is 0 Å². The quantitative estimate of drug-likeness (QED) is 0.641. The van der Waals surface area contributed by atoms with Crippen molar-refractivity contribution in [2.24, 2.45) is 5.10 Å². The molecule has 2 heterocycles. The van der Waals surface area contributed by atoms with Crippen LogP contribution in [0.4, 0.5) is 5.69 Å². The fraction of sp³-hybridized carbons (Fsp3) is 0.0833. The van der Waals surface area contributed by atoms with Crippen LogP contribution in [0, 0.1) is 0 Å². The summed E-state index contributed by atoms with van der Waals surface area (Å²) in [6.07, 6.45) is 6.81. The molecule has 86 valence electrons. The van der Waals surface area contributed by atoms with Crippen molar-refractivity contribution in [2.45, 2.75) is 0 Å². The van der Waals surface area contributed by atoms with Gasteiger partial charge in [-0.15, -0.1) is 0 Å². The third kappa shape index (κ3) is 3.27. The minimum absolute atomic E-state index is 0.577. The molecule has 0 unspecified atom stereocenters. The first-order valence-electron chi connectivity index (χ1n) is 5.07. The number of hydrogen-bond acceptors (Lipinski definition) is 5. The number of anilines is 1. The van der Waals surface area contributed by atoms with Crippen molar-refractivity contribution in [3.63, 3.8) is 0 Å². The van der Waals surface area contributed by atoms with Gasteiger partial charge in [-0.1, -0.05) is 0 Å². The zero-order valence-electron chi connectivity index (χ0n) is 9.37. The van der Waals surface area contributed by atoms with Crippen molar-refractivity contribution < 1.29 is 4.74 Å². The van der Waals surface area contributed by atoms with Crippen molar-refractivity contribution >= 4 is 11.9 Å². The van der Waals surface area contributed by atoms with E-state index < -0.39 is 0 Å². The first kappa shape index (κ1) is 11.1. The minimum atomic E-state index is 0.577. The number of methoxy groups -OCH3 is 1. The maximum absolute atomic E-state index is 4.96. The topological polar surface area (TPSA) is 59.4 Å². The van der Waals surface area contributed by atoms with E-state index in [0.717, 1.165) is 11.3 Å². The Balaban J connectivity index is 1.95. The molecule has 2 aromatic heterocycles. The lowest BCUT2D eigenvalue weighted by molar-refractivity contribution is 0.398. The molecule has 5 heteroatoms.